The van der Waals surface area contributed by atoms with Gasteiger partial charge in [-0.25, -0.2) is 4.39 Å². The summed E-state index contributed by atoms with van der Waals surface area (Å²) in [5.41, 5.74) is 0.440. The SMILES string of the molecule is Cn1nccc1C(=O)N[C@@H]1C[C@@H](Oc2cccc(F)c2)[C@H](O)[C@H]1N1CCOCC1. The number of aromatic nitrogens is 2. The van der Waals surface area contributed by atoms with E-state index >= 15 is 0 Å². The molecule has 2 N–H and O–H groups in total. The first-order valence-corrected chi connectivity index (χ1v) is 9.74. The van der Waals surface area contributed by atoms with Crippen molar-refractivity contribution in [2.24, 2.45) is 7.05 Å². The topological polar surface area (TPSA) is 88.9 Å². The highest BCUT2D eigenvalue weighted by molar-refractivity contribution is 5.92. The Morgan fingerprint density at radius 1 is 1.34 bits per heavy atom. The molecule has 1 aromatic heterocycles. The molecule has 1 amide bonds. The van der Waals surface area contributed by atoms with E-state index in [-0.39, 0.29) is 18.0 Å². The predicted molar refractivity (Wildman–Crippen MR) is 102 cm³/mol. The first-order valence-electron chi connectivity index (χ1n) is 9.74. The van der Waals surface area contributed by atoms with E-state index in [1.165, 1.54) is 16.8 Å². The molecule has 4 atom stereocenters. The highest BCUT2D eigenvalue weighted by atomic mass is 19.1. The maximum Gasteiger partial charge on any atom is 0.269 e. The van der Waals surface area contributed by atoms with Crippen LogP contribution in [0.5, 0.6) is 5.75 Å². The van der Waals surface area contributed by atoms with Crippen LogP contribution < -0.4 is 10.1 Å². The standard InChI is InChI=1S/C20H25FN4O4/c1-24-16(5-6-22-24)20(27)23-15-12-17(29-14-4-2-3-13(21)11-14)19(26)18(15)25-7-9-28-10-8-25/h2-6,11,15,17-19,26H,7-10,12H2,1H3,(H,23,27)/t15-,17-,18+,19+/m1/s1. The molecule has 0 radical (unpaired) electrons. The third kappa shape index (κ3) is 4.26. The Hall–Kier alpha value is -2.49. The maximum absolute atomic E-state index is 13.5. The van der Waals surface area contributed by atoms with Crippen LogP contribution in [0.1, 0.15) is 16.9 Å². The largest absolute Gasteiger partial charge is 0.487 e. The Balaban J connectivity index is 1.53. The van der Waals surface area contributed by atoms with Crippen LogP contribution in [-0.2, 0) is 11.8 Å². The fraction of sp³-hybridized carbons (Fsp3) is 0.500. The monoisotopic (exact) mass is 404 g/mol. The quantitative estimate of drug-likeness (QED) is 0.758. The fourth-order valence-electron chi connectivity index (χ4n) is 4.15. The molecule has 2 aliphatic rings. The molecule has 0 unspecified atom stereocenters. The third-order valence-corrected chi connectivity index (χ3v) is 5.55. The molecule has 156 valence electrons. The van der Waals surface area contributed by atoms with Gasteiger partial charge in [0.1, 0.15) is 29.5 Å². The number of aliphatic hydroxyl groups is 1. The second-order valence-corrected chi connectivity index (χ2v) is 7.40. The number of benzene rings is 1. The van der Waals surface area contributed by atoms with Gasteiger partial charge in [0.15, 0.2) is 0 Å². The summed E-state index contributed by atoms with van der Waals surface area (Å²) in [6, 6.07) is 6.83. The molecular formula is C20H25FN4O4. The van der Waals surface area contributed by atoms with Gasteiger partial charge < -0.3 is 19.9 Å². The van der Waals surface area contributed by atoms with Gasteiger partial charge in [0.05, 0.1) is 25.3 Å². The average molecular weight is 404 g/mol. The Kier molecular flexibility index (Phi) is 5.79. The van der Waals surface area contributed by atoms with E-state index in [9.17, 15) is 14.3 Å². The molecule has 2 fully saturated rings. The van der Waals surface area contributed by atoms with Crippen molar-refractivity contribution >= 4 is 5.91 Å². The van der Waals surface area contributed by atoms with Gasteiger partial charge >= 0.3 is 0 Å². The molecule has 2 heterocycles. The molecule has 4 rings (SSSR count). The molecule has 0 spiro atoms. The first kappa shape index (κ1) is 19.8. The van der Waals surface area contributed by atoms with Crippen molar-refractivity contribution in [1.82, 2.24) is 20.0 Å². The molecule has 8 nitrogen and oxygen atoms in total. The number of halogens is 1. The first-order chi connectivity index (χ1) is 14.0. The minimum Gasteiger partial charge on any atom is -0.487 e. The van der Waals surface area contributed by atoms with Crippen LogP contribution in [0.4, 0.5) is 4.39 Å². The van der Waals surface area contributed by atoms with E-state index in [0.29, 0.717) is 44.2 Å². The Morgan fingerprint density at radius 3 is 2.83 bits per heavy atom. The number of aliphatic hydroxyl groups excluding tert-OH is 1. The Bertz CT molecular complexity index is 855. The average Bonchev–Trinajstić information content (AvgIpc) is 3.26. The molecule has 9 heteroatoms. The lowest BCUT2D eigenvalue weighted by Crippen LogP contribution is -2.56. The van der Waals surface area contributed by atoms with E-state index in [4.69, 9.17) is 9.47 Å². The van der Waals surface area contributed by atoms with Crippen LogP contribution in [0.25, 0.3) is 0 Å². The molecule has 1 aromatic carbocycles. The summed E-state index contributed by atoms with van der Waals surface area (Å²) in [7, 11) is 1.70. The lowest BCUT2D eigenvalue weighted by Gasteiger charge is -2.37. The number of hydrogen-bond donors (Lipinski definition) is 2. The lowest BCUT2D eigenvalue weighted by molar-refractivity contribution is -0.0350. The van der Waals surface area contributed by atoms with Gasteiger partial charge in [-0.15, -0.1) is 0 Å². The molecule has 29 heavy (non-hydrogen) atoms. The summed E-state index contributed by atoms with van der Waals surface area (Å²) in [6.45, 7) is 2.46. The van der Waals surface area contributed by atoms with Crippen molar-refractivity contribution in [3.63, 3.8) is 0 Å². The second-order valence-electron chi connectivity index (χ2n) is 7.40. The maximum atomic E-state index is 13.5. The van der Waals surface area contributed by atoms with Crippen molar-refractivity contribution in [2.75, 3.05) is 26.3 Å². The van der Waals surface area contributed by atoms with Gasteiger partial charge in [0, 0.05) is 38.8 Å². The van der Waals surface area contributed by atoms with E-state index in [0.717, 1.165) is 0 Å². The van der Waals surface area contributed by atoms with Gasteiger partial charge in [0.25, 0.3) is 5.91 Å². The number of amides is 1. The molecule has 0 bridgehead atoms. The second kappa shape index (κ2) is 8.48. The number of rotatable bonds is 5. The summed E-state index contributed by atoms with van der Waals surface area (Å²) < 4.78 is 26.3. The highest BCUT2D eigenvalue weighted by Crippen LogP contribution is 2.30. The number of nitrogens with one attached hydrogen (secondary N) is 1. The molecule has 2 aromatic rings. The fourth-order valence-corrected chi connectivity index (χ4v) is 4.15. The van der Waals surface area contributed by atoms with Gasteiger partial charge in [-0.2, -0.15) is 5.10 Å². The number of carbonyl (C=O) groups is 1. The lowest BCUT2D eigenvalue weighted by atomic mass is 10.1. The van der Waals surface area contributed by atoms with Crippen molar-refractivity contribution in [3.8, 4) is 5.75 Å². The van der Waals surface area contributed by atoms with Gasteiger partial charge in [-0.05, 0) is 18.2 Å². The van der Waals surface area contributed by atoms with Crippen molar-refractivity contribution in [3.05, 3.63) is 48.0 Å². The number of morpholine rings is 1. The van der Waals surface area contributed by atoms with Gasteiger partial charge in [-0.3, -0.25) is 14.4 Å². The van der Waals surface area contributed by atoms with E-state index in [2.05, 4.69) is 15.3 Å². The van der Waals surface area contributed by atoms with E-state index in [1.54, 1.807) is 31.4 Å². The zero-order valence-corrected chi connectivity index (χ0v) is 16.2. The Morgan fingerprint density at radius 2 is 2.14 bits per heavy atom. The summed E-state index contributed by atoms with van der Waals surface area (Å²) in [5.74, 6) is -0.305. The number of nitrogens with zero attached hydrogens (tertiary/aromatic N) is 3. The minimum absolute atomic E-state index is 0.258. The smallest absolute Gasteiger partial charge is 0.269 e. The van der Waals surface area contributed by atoms with Crippen LogP contribution in [0.15, 0.2) is 36.5 Å². The van der Waals surface area contributed by atoms with Gasteiger partial charge in [-0.1, -0.05) is 6.07 Å². The molecule has 1 saturated carbocycles. The van der Waals surface area contributed by atoms with Crippen LogP contribution in [0.3, 0.4) is 0 Å². The summed E-state index contributed by atoms with van der Waals surface area (Å²) in [5, 5.41) is 18.1. The number of hydrogen-bond acceptors (Lipinski definition) is 6. The minimum atomic E-state index is -0.840. The summed E-state index contributed by atoms with van der Waals surface area (Å²) in [6.07, 6.45) is 0.562. The van der Waals surface area contributed by atoms with Crippen LogP contribution in [0.2, 0.25) is 0 Å². The molecule has 1 aliphatic carbocycles. The number of carbonyl (C=O) groups excluding carboxylic acids is 1. The van der Waals surface area contributed by atoms with Crippen molar-refractivity contribution in [1.29, 1.82) is 0 Å². The summed E-state index contributed by atoms with van der Waals surface area (Å²) >= 11 is 0. The highest BCUT2D eigenvalue weighted by Gasteiger charge is 2.47. The molecular weight excluding hydrogens is 379 g/mol. The summed E-state index contributed by atoms with van der Waals surface area (Å²) in [4.78, 5) is 14.9. The number of ether oxygens (including phenoxy) is 2. The Labute approximate surface area is 168 Å². The zero-order chi connectivity index (χ0) is 20.4. The zero-order valence-electron chi connectivity index (χ0n) is 16.2. The van der Waals surface area contributed by atoms with Crippen molar-refractivity contribution < 1.29 is 23.8 Å². The third-order valence-electron chi connectivity index (χ3n) is 5.55. The van der Waals surface area contributed by atoms with Crippen LogP contribution >= 0.6 is 0 Å². The van der Waals surface area contributed by atoms with E-state index in [1.807, 2.05) is 0 Å². The molecule has 1 saturated heterocycles. The van der Waals surface area contributed by atoms with Gasteiger partial charge in [0.2, 0.25) is 0 Å². The normalized spacial score (nSPS) is 27.7. The predicted octanol–water partition coefficient (Wildman–Crippen LogP) is 0.571. The van der Waals surface area contributed by atoms with Crippen LogP contribution in [0, 0.1) is 5.82 Å². The number of aryl methyl sites for hydroxylation is 1. The van der Waals surface area contributed by atoms with E-state index < -0.39 is 18.0 Å². The molecule has 1 aliphatic heterocycles. The van der Waals surface area contributed by atoms with Crippen molar-refractivity contribution in [2.45, 2.75) is 30.7 Å². The van der Waals surface area contributed by atoms with Crippen LogP contribution in [-0.4, -0.2) is 76.3 Å².